The van der Waals surface area contributed by atoms with Gasteiger partial charge in [0.05, 0.1) is 6.04 Å². The maximum Gasteiger partial charge on any atom is 0.251 e. The van der Waals surface area contributed by atoms with E-state index in [-0.39, 0.29) is 18.0 Å². The number of benzene rings is 3. The molecule has 2 atom stereocenters. The summed E-state index contributed by atoms with van der Waals surface area (Å²) in [5, 5.41) is 3.54. The van der Waals surface area contributed by atoms with E-state index >= 15 is 0 Å². The maximum atomic E-state index is 13.4. The summed E-state index contributed by atoms with van der Waals surface area (Å²) in [6, 6.07) is 28.4. The smallest absolute Gasteiger partial charge is 0.251 e. The zero-order valence-corrected chi connectivity index (χ0v) is 16.0. The quantitative estimate of drug-likeness (QED) is 0.601. The van der Waals surface area contributed by atoms with Crippen molar-refractivity contribution in [1.29, 1.82) is 0 Å². The minimum absolute atomic E-state index is 0.0102. The Morgan fingerprint density at radius 1 is 0.929 bits per heavy atom. The highest BCUT2D eigenvalue weighted by Gasteiger charge is 2.31. The van der Waals surface area contributed by atoms with Crippen LogP contribution in [0.4, 0.5) is 11.4 Å². The predicted octanol–water partition coefficient (Wildman–Crippen LogP) is 5.68. The second-order valence-electron chi connectivity index (χ2n) is 7.17. The lowest BCUT2D eigenvalue weighted by Gasteiger charge is -2.38. The molecule has 140 valence electrons. The van der Waals surface area contributed by atoms with Crippen molar-refractivity contribution in [2.45, 2.75) is 25.4 Å². The summed E-state index contributed by atoms with van der Waals surface area (Å²) in [6.45, 7) is 2.16. The van der Waals surface area contributed by atoms with E-state index in [2.05, 4.69) is 24.4 Å². The van der Waals surface area contributed by atoms with Crippen molar-refractivity contribution >= 4 is 23.4 Å². The first-order chi connectivity index (χ1) is 13.7. The number of hydrogen-bond acceptors (Lipinski definition) is 2. The van der Waals surface area contributed by atoms with Gasteiger partial charge in [-0.3, -0.25) is 4.79 Å². The molecule has 1 aliphatic rings. The highest BCUT2D eigenvalue weighted by atomic mass is 16.2. The third-order valence-corrected chi connectivity index (χ3v) is 5.10. The van der Waals surface area contributed by atoms with Crippen LogP contribution in [-0.2, 0) is 4.79 Å². The first-order valence-corrected chi connectivity index (χ1v) is 9.69. The van der Waals surface area contributed by atoms with Gasteiger partial charge in [-0.25, -0.2) is 0 Å². The second kappa shape index (κ2) is 8.13. The van der Waals surface area contributed by atoms with Crippen molar-refractivity contribution in [3.63, 3.8) is 0 Å². The number of carbonyl (C=O) groups excluding carboxylic acids is 1. The molecular formula is C25H24N2O. The Morgan fingerprint density at radius 2 is 1.57 bits per heavy atom. The Hall–Kier alpha value is -3.33. The molecule has 1 N–H and O–H groups in total. The van der Waals surface area contributed by atoms with Gasteiger partial charge in [-0.1, -0.05) is 66.7 Å². The average Bonchev–Trinajstić information content (AvgIpc) is 2.74. The first kappa shape index (κ1) is 18.1. The van der Waals surface area contributed by atoms with Gasteiger partial charge in [-0.15, -0.1) is 0 Å². The standard InChI is InChI=1S/C25H24N2O/c1-19-18-24(22-14-8-9-15-23(22)26-19)27(21-12-6-3-7-13-21)25(28)17-16-20-10-4-2-5-11-20/h2-17,19,24,26H,18H2,1H3/b17-16+/t19-,24+/m1/s1. The van der Waals surface area contributed by atoms with Crippen LogP contribution in [0.5, 0.6) is 0 Å². The van der Waals surface area contributed by atoms with E-state index in [1.165, 1.54) is 0 Å². The van der Waals surface area contributed by atoms with E-state index in [0.29, 0.717) is 0 Å². The van der Waals surface area contributed by atoms with Crippen LogP contribution >= 0.6 is 0 Å². The summed E-state index contributed by atoms with van der Waals surface area (Å²) in [4.78, 5) is 15.3. The molecule has 1 amide bonds. The number of nitrogens with zero attached hydrogens (tertiary/aromatic N) is 1. The molecule has 0 saturated carbocycles. The SMILES string of the molecule is C[C@@H]1C[C@H](N(C(=O)/C=C/c2ccccc2)c2ccccc2)c2ccccc2N1. The van der Waals surface area contributed by atoms with Crippen molar-refractivity contribution in [3.05, 3.63) is 102 Å². The normalized spacial score (nSPS) is 18.3. The summed E-state index contributed by atoms with van der Waals surface area (Å²) >= 11 is 0. The molecule has 3 aromatic rings. The number of fused-ring (bicyclic) bond motifs is 1. The van der Waals surface area contributed by atoms with Crippen molar-refractivity contribution in [2.24, 2.45) is 0 Å². The lowest BCUT2D eigenvalue weighted by Crippen LogP contribution is -2.39. The van der Waals surface area contributed by atoms with Crippen molar-refractivity contribution in [3.8, 4) is 0 Å². The Labute approximate surface area is 166 Å². The predicted molar refractivity (Wildman–Crippen MR) is 116 cm³/mol. The summed E-state index contributed by atoms with van der Waals surface area (Å²) < 4.78 is 0. The van der Waals surface area contributed by atoms with E-state index in [1.54, 1.807) is 6.08 Å². The fourth-order valence-corrected chi connectivity index (χ4v) is 3.81. The Morgan fingerprint density at radius 3 is 2.32 bits per heavy atom. The van der Waals surface area contributed by atoms with Gasteiger partial charge in [0.1, 0.15) is 0 Å². The Balaban J connectivity index is 1.73. The molecule has 0 radical (unpaired) electrons. The summed E-state index contributed by atoms with van der Waals surface area (Å²) in [6.07, 6.45) is 4.42. The minimum atomic E-state index is -0.0113. The summed E-state index contributed by atoms with van der Waals surface area (Å²) in [7, 11) is 0. The van der Waals surface area contributed by atoms with Crippen LogP contribution in [0.1, 0.15) is 30.5 Å². The Kier molecular flexibility index (Phi) is 5.24. The fraction of sp³-hybridized carbons (Fsp3) is 0.160. The minimum Gasteiger partial charge on any atom is -0.382 e. The second-order valence-corrected chi connectivity index (χ2v) is 7.17. The van der Waals surface area contributed by atoms with Crippen molar-refractivity contribution < 1.29 is 4.79 Å². The lowest BCUT2D eigenvalue weighted by atomic mass is 9.91. The van der Waals surface area contributed by atoms with Crippen LogP contribution < -0.4 is 10.2 Å². The van der Waals surface area contributed by atoms with Crippen LogP contribution in [-0.4, -0.2) is 11.9 Å². The molecule has 28 heavy (non-hydrogen) atoms. The topological polar surface area (TPSA) is 32.3 Å². The first-order valence-electron chi connectivity index (χ1n) is 9.69. The van der Waals surface area contributed by atoms with Gasteiger partial charge in [0.15, 0.2) is 0 Å². The van der Waals surface area contributed by atoms with Gasteiger partial charge in [-0.2, -0.15) is 0 Å². The molecule has 0 saturated heterocycles. The van der Waals surface area contributed by atoms with E-state index in [4.69, 9.17) is 0 Å². The van der Waals surface area contributed by atoms with E-state index in [0.717, 1.165) is 28.9 Å². The monoisotopic (exact) mass is 368 g/mol. The average molecular weight is 368 g/mol. The number of nitrogens with one attached hydrogen (secondary N) is 1. The highest BCUT2D eigenvalue weighted by molar-refractivity contribution is 6.04. The molecule has 0 bridgehead atoms. The van der Waals surface area contributed by atoms with Crippen LogP contribution in [0.3, 0.4) is 0 Å². The molecule has 0 aliphatic carbocycles. The van der Waals surface area contributed by atoms with Gasteiger partial charge < -0.3 is 10.2 Å². The number of amides is 1. The third-order valence-electron chi connectivity index (χ3n) is 5.10. The van der Waals surface area contributed by atoms with Crippen LogP contribution in [0, 0.1) is 0 Å². The Bertz CT molecular complexity index is 966. The third kappa shape index (κ3) is 3.84. The molecule has 0 fully saturated rings. The molecule has 4 rings (SSSR count). The maximum absolute atomic E-state index is 13.4. The molecule has 0 unspecified atom stereocenters. The fourth-order valence-electron chi connectivity index (χ4n) is 3.81. The summed E-state index contributed by atoms with van der Waals surface area (Å²) in [5.74, 6) is -0.0102. The lowest BCUT2D eigenvalue weighted by molar-refractivity contribution is -0.114. The van der Waals surface area contributed by atoms with Gasteiger partial charge in [0.25, 0.3) is 5.91 Å². The largest absolute Gasteiger partial charge is 0.382 e. The van der Waals surface area contributed by atoms with E-state index < -0.39 is 0 Å². The van der Waals surface area contributed by atoms with Crippen LogP contribution in [0.2, 0.25) is 0 Å². The number of hydrogen-bond donors (Lipinski definition) is 1. The molecule has 3 heteroatoms. The van der Waals surface area contributed by atoms with Gasteiger partial charge in [0, 0.05) is 23.5 Å². The number of rotatable bonds is 4. The molecule has 0 aromatic heterocycles. The zero-order valence-electron chi connectivity index (χ0n) is 16.0. The van der Waals surface area contributed by atoms with Crippen LogP contribution in [0.15, 0.2) is 91.0 Å². The van der Waals surface area contributed by atoms with Crippen molar-refractivity contribution in [1.82, 2.24) is 0 Å². The molecule has 0 spiro atoms. The molecule has 3 nitrogen and oxygen atoms in total. The highest BCUT2D eigenvalue weighted by Crippen LogP contribution is 2.39. The summed E-state index contributed by atoms with van der Waals surface area (Å²) in [5.41, 5.74) is 4.19. The molecular weight excluding hydrogens is 344 g/mol. The van der Waals surface area contributed by atoms with E-state index in [9.17, 15) is 4.79 Å². The molecule has 3 aromatic carbocycles. The molecule has 1 aliphatic heterocycles. The van der Waals surface area contributed by atoms with Gasteiger partial charge in [-0.05, 0) is 48.7 Å². The zero-order chi connectivity index (χ0) is 19.3. The van der Waals surface area contributed by atoms with Gasteiger partial charge >= 0.3 is 0 Å². The molecule has 1 heterocycles. The number of carbonyl (C=O) groups is 1. The number of para-hydroxylation sites is 2. The number of anilines is 2. The van der Waals surface area contributed by atoms with Gasteiger partial charge in [0.2, 0.25) is 0 Å². The van der Waals surface area contributed by atoms with Crippen LogP contribution in [0.25, 0.3) is 6.08 Å². The van der Waals surface area contributed by atoms with Crippen molar-refractivity contribution in [2.75, 3.05) is 10.2 Å². The van der Waals surface area contributed by atoms with E-state index in [1.807, 2.05) is 83.8 Å².